The van der Waals surface area contributed by atoms with E-state index in [0.717, 1.165) is 37.1 Å². The van der Waals surface area contributed by atoms with E-state index in [1.165, 1.54) is 23.2 Å². The summed E-state index contributed by atoms with van der Waals surface area (Å²) < 4.78 is 24.6. The molecule has 1 aromatic heterocycles. The van der Waals surface area contributed by atoms with E-state index < -0.39 is 15.4 Å². The molecule has 6 heteroatoms. The van der Waals surface area contributed by atoms with E-state index in [1.807, 2.05) is 0 Å². The normalized spacial score (nSPS) is 29.2. The molecular formula is C15H24N2O2S2. The highest BCUT2D eigenvalue weighted by Gasteiger charge is 2.51. The summed E-state index contributed by atoms with van der Waals surface area (Å²) >= 11 is 1.74. The second-order valence-corrected chi connectivity index (χ2v) is 10.0. The van der Waals surface area contributed by atoms with Crippen LogP contribution < -0.4 is 5.32 Å². The van der Waals surface area contributed by atoms with E-state index in [-0.39, 0.29) is 11.3 Å². The first-order chi connectivity index (χ1) is 9.83. The summed E-state index contributed by atoms with van der Waals surface area (Å²) in [5.41, 5.74) is 0.732. The largest absolute Gasteiger partial charge is 0.302 e. The van der Waals surface area contributed by atoms with Crippen molar-refractivity contribution in [1.29, 1.82) is 0 Å². The van der Waals surface area contributed by atoms with E-state index in [0.29, 0.717) is 0 Å². The van der Waals surface area contributed by atoms with Crippen LogP contribution in [0.2, 0.25) is 0 Å². The van der Waals surface area contributed by atoms with E-state index in [2.05, 4.69) is 19.2 Å². The summed E-state index contributed by atoms with van der Waals surface area (Å²) in [5, 5.41) is 4.25. The summed E-state index contributed by atoms with van der Waals surface area (Å²) in [6, 6.07) is 0.242. The average molecular weight is 329 g/mol. The summed E-state index contributed by atoms with van der Waals surface area (Å²) in [5.74, 6) is 0. The van der Waals surface area contributed by atoms with Crippen molar-refractivity contribution in [2.45, 2.75) is 69.2 Å². The predicted octanol–water partition coefficient (Wildman–Crippen LogP) is 2.42. The Morgan fingerprint density at radius 2 is 2.10 bits per heavy atom. The van der Waals surface area contributed by atoms with E-state index in [9.17, 15) is 8.42 Å². The third-order valence-electron chi connectivity index (χ3n) is 4.63. The number of aryl methyl sites for hydroxylation is 2. The molecule has 0 saturated heterocycles. The lowest BCUT2D eigenvalue weighted by Crippen LogP contribution is -2.53. The van der Waals surface area contributed by atoms with Gasteiger partial charge in [0.1, 0.15) is 5.01 Å². The number of sulfone groups is 1. The van der Waals surface area contributed by atoms with Gasteiger partial charge in [-0.15, -0.1) is 11.3 Å². The lowest BCUT2D eigenvalue weighted by molar-refractivity contribution is 0.311. The first-order valence-corrected chi connectivity index (χ1v) is 10.6. The molecule has 2 unspecified atom stereocenters. The number of nitrogens with one attached hydrogen (secondary N) is 1. The Hall–Kier alpha value is -0.460. The van der Waals surface area contributed by atoms with Crippen LogP contribution in [-0.2, 0) is 28.2 Å². The van der Waals surface area contributed by atoms with Gasteiger partial charge in [-0.1, -0.05) is 0 Å². The summed E-state index contributed by atoms with van der Waals surface area (Å²) in [6.45, 7) is 4.17. The van der Waals surface area contributed by atoms with Crippen LogP contribution in [0, 0.1) is 0 Å². The number of rotatable bonds is 4. The molecule has 1 saturated carbocycles. The highest BCUT2D eigenvalue weighted by molar-refractivity contribution is 7.91. The lowest BCUT2D eigenvalue weighted by Gasteiger charge is -2.35. The SMILES string of the molecule is CC(C)NC1(c2nc3c(s2)CCC3)CCCC1S(C)(=O)=O. The molecule has 4 nitrogen and oxygen atoms in total. The van der Waals surface area contributed by atoms with Crippen molar-refractivity contribution in [1.82, 2.24) is 10.3 Å². The minimum atomic E-state index is -3.09. The molecule has 1 N–H and O–H groups in total. The Labute approximate surface area is 131 Å². The molecule has 1 heterocycles. The first kappa shape index (κ1) is 15.4. The minimum Gasteiger partial charge on any atom is -0.302 e. The van der Waals surface area contributed by atoms with Crippen molar-refractivity contribution >= 4 is 21.2 Å². The maximum absolute atomic E-state index is 12.3. The third-order valence-corrected chi connectivity index (χ3v) is 7.63. The Balaban J connectivity index is 2.07. The molecular weight excluding hydrogens is 304 g/mol. The number of nitrogens with zero attached hydrogens (tertiary/aromatic N) is 1. The third kappa shape index (κ3) is 2.66. The van der Waals surface area contributed by atoms with Gasteiger partial charge in [0.25, 0.3) is 0 Å². The average Bonchev–Trinajstić information content (AvgIpc) is 2.97. The molecule has 0 aliphatic heterocycles. The van der Waals surface area contributed by atoms with Crippen LogP contribution in [-0.4, -0.2) is 30.9 Å². The zero-order chi connectivity index (χ0) is 15.3. The molecule has 3 rings (SSSR count). The number of hydrogen-bond donors (Lipinski definition) is 1. The number of fused-ring (bicyclic) bond motifs is 1. The Bertz CT molecular complexity index is 615. The second kappa shape index (κ2) is 5.32. The standard InChI is InChI=1S/C15H24N2O2S2/c1-10(2)17-15(9-5-8-13(15)21(3,18)19)14-16-11-6-4-7-12(11)20-14/h10,13,17H,4-9H2,1-3H3. The predicted molar refractivity (Wildman–Crippen MR) is 86.6 cm³/mol. The zero-order valence-corrected chi connectivity index (χ0v) is 14.6. The fourth-order valence-electron chi connectivity index (χ4n) is 3.92. The molecule has 0 amide bonds. The van der Waals surface area contributed by atoms with Crippen LogP contribution in [0.25, 0.3) is 0 Å². The van der Waals surface area contributed by atoms with E-state index in [4.69, 9.17) is 4.98 Å². The van der Waals surface area contributed by atoms with Gasteiger partial charge in [-0.3, -0.25) is 0 Å². The maximum atomic E-state index is 12.3. The molecule has 1 aromatic rings. The highest BCUT2D eigenvalue weighted by Crippen LogP contribution is 2.46. The van der Waals surface area contributed by atoms with Crippen molar-refractivity contribution in [3.63, 3.8) is 0 Å². The fourth-order valence-corrected chi connectivity index (χ4v) is 7.01. The van der Waals surface area contributed by atoms with Crippen molar-refractivity contribution in [2.24, 2.45) is 0 Å². The number of aromatic nitrogens is 1. The van der Waals surface area contributed by atoms with Crippen LogP contribution in [0.15, 0.2) is 0 Å². The van der Waals surface area contributed by atoms with Crippen LogP contribution in [0.1, 0.15) is 55.1 Å². The summed E-state index contributed by atoms with van der Waals surface area (Å²) in [7, 11) is -3.09. The van der Waals surface area contributed by atoms with Crippen LogP contribution >= 0.6 is 11.3 Å². The fraction of sp³-hybridized carbons (Fsp3) is 0.800. The summed E-state index contributed by atoms with van der Waals surface area (Å²) in [6.07, 6.45) is 7.27. The van der Waals surface area contributed by atoms with Crippen LogP contribution in [0.4, 0.5) is 0 Å². The zero-order valence-electron chi connectivity index (χ0n) is 13.0. The molecule has 2 atom stereocenters. The molecule has 0 bridgehead atoms. The molecule has 2 aliphatic rings. The number of thiazole rings is 1. The van der Waals surface area contributed by atoms with Gasteiger partial charge in [0, 0.05) is 17.2 Å². The monoisotopic (exact) mass is 328 g/mol. The highest BCUT2D eigenvalue weighted by atomic mass is 32.2. The lowest BCUT2D eigenvalue weighted by atomic mass is 9.96. The van der Waals surface area contributed by atoms with Gasteiger partial charge >= 0.3 is 0 Å². The van der Waals surface area contributed by atoms with Gasteiger partial charge in [-0.05, 0) is 52.4 Å². The van der Waals surface area contributed by atoms with E-state index in [1.54, 1.807) is 11.3 Å². The van der Waals surface area contributed by atoms with Crippen molar-refractivity contribution < 1.29 is 8.42 Å². The minimum absolute atomic E-state index is 0.242. The van der Waals surface area contributed by atoms with Gasteiger partial charge in [0.15, 0.2) is 9.84 Å². The molecule has 0 aromatic carbocycles. The van der Waals surface area contributed by atoms with Crippen molar-refractivity contribution in [2.75, 3.05) is 6.26 Å². The van der Waals surface area contributed by atoms with Crippen molar-refractivity contribution in [3.05, 3.63) is 15.6 Å². The Morgan fingerprint density at radius 1 is 1.33 bits per heavy atom. The van der Waals surface area contributed by atoms with Crippen LogP contribution in [0.5, 0.6) is 0 Å². The van der Waals surface area contributed by atoms with E-state index >= 15 is 0 Å². The van der Waals surface area contributed by atoms with Gasteiger partial charge < -0.3 is 5.32 Å². The summed E-state index contributed by atoms with van der Waals surface area (Å²) in [4.78, 5) is 6.22. The Kier molecular flexibility index (Phi) is 3.91. The molecule has 0 spiro atoms. The smallest absolute Gasteiger partial charge is 0.152 e. The van der Waals surface area contributed by atoms with Crippen molar-refractivity contribution in [3.8, 4) is 0 Å². The molecule has 0 radical (unpaired) electrons. The number of hydrogen-bond acceptors (Lipinski definition) is 5. The molecule has 2 aliphatic carbocycles. The Morgan fingerprint density at radius 3 is 2.71 bits per heavy atom. The molecule has 118 valence electrons. The quantitative estimate of drug-likeness (QED) is 0.922. The molecule has 1 fully saturated rings. The topological polar surface area (TPSA) is 59.1 Å². The van der Waals surface area contributed by atoms with Gasteiger partial charge in [0.05, 0.1) is 16.5 Å². The van der Waals surface area contributed by atoms with Gasteiger partial charge in [-0.25, -0.2) is 13.4 Å². The maximum Gasteiger partial charge on any atom is 0.152 e. The first-order valence-electron chi connectivity index (χ1n) is 7.78. The van der Waals surface area contributed by atoms with Crippen LogP contribution in [0.3, 0.4) is 0 Å². The van der Waals surface area contributed by atoms with Gasteiger partial charge in [-0.2, -0.15) is 0 Å². The molecule has 21 heavy (non-hydrogen) atoms. The van der Waals surface area contributed by atoms with Gasteiger partial charge in [0.2, 0.25) is 0 Å². The second-order valence-electron chi connectivity index (χ2n) is 6.72.